The van der Waals surface area contributed by atoms with Gasteiger partial charge in [0.25, 0.3) is 0 Å². The first-order valence-corrected chi connectivity index (χ1v) is 6.37. The van der Waals surface area contributed by atoms with Crippen molar-refractivity contribution in [1.82, 2.24) is 0 Å². The van der Waals surface area contributed by atoms with E-state index < -0.39 is 0 Å². The molecule has 0 bridgehead atoms. The summed E-state index contributed by atoms with van der Waals surface area (Å²) in [5, 5.41) is 0. The van der Waals surface area contributed by atoms with Gasteiger partial charge < -0.3 is 0 Å². The van der Waals surface area contributed by atoms with E-state index in [2.05, 4.69) is 19.1 Å². The molecule has 1 spiro atoms. The minimum Gasteiger partial charge on any atom is -0.294 e. The highest BCUT2D eigenvalue weighted by Crippen LogP contribution is 2.50. The van der Waals surface area contributed by atoms with Gasteiger partial charge in [-0.15, -0.1) is 0 Å². The van der Waals surface area contributed by atoms with Crippen LogP contribution in [0.4, 0.5) is 0 Å². The average molecular weight is 214 g/mol. The third-order valence-electron chi connectivity index (χ3n) is 4.67. The van der Waals surface area contributed by atoms with Crippen LogP contribution in [0.2, 0.25) is 0 Å². The first-order chi connectivity index (χ1) is 7.74. The lowest BCUT2D eigenvalue weighted by molar-refractivity contribution is 0.0608. The van der Waals surface area contributed by atoms with Crippen LogP contribution in [0.1, 0.15) is 48.5 Å². The van der Waals surface area contributed by atoms with Crippen molar-refractivity contribution in [2.45, 2.75) is 39.0 Å². The highest BCUT2D eigenvalue weighted by atomic mass is 16.1. The summed E-state index contributed by atoms with van der Waals surface area (Å²) in [6.07, 6.45) is 5.83. The summed E-state index contributed by atoms with van der Waals surface area (Å²) in [6, 6.07) is 8.18. The highest BCUT2D eigenvalue weighted by Gasteiger charge is 2.49. The van der Waals surface area contributed by atoms with Crippen LogP contribution < -0.4 is 0 Å². The minimum absolute atomic E-state index is 0.0397. The van der Waals surface area contributed by atoms with Crippen LogP contribution in [0, 0.1) is 11.3 Å². The van der Waals surface area contributed by atoms with Gasteiger partial charge in [0, 0.05) is 11.0 Å². The molecule has 1 aromatic carbocycles. The number of benzene rings is 1. The number of hydrogen-bond donors (Lipinski definition) is 0. The number of carbonyl (C=O) groups is 1. The summed E-state index contributed by atoms with van der Waals surface area (Å²) >= 11 is 0. The van der Waals surface area contributed by atoms with Gasteiger partial charge in [-0.3, -0.25) is 4.79 Å². The monoisotopic (exact) mass is 214 g/mol. The van der Waals surface area contributed by atoms with E-state index in [1.165, 1.54) is 24.8 Å². The molecule has 0 aliphatic heterocycles. The van der Waals surface area contributed by atoms with Crippen LogP contribution in [-0.4, -0.2) is 5.78 Å². The topological polar surface area (TPSA) is 17.1 Å². The van der Waals surface area contributed by atoms with Gasteiger partial charge in [0.15, 0.2) is 5.78 Å². The van der Waals surface area contributed by atoms with E-state index in [0.29, 0.717) is 11.7 Å². The molecule has 1 saturated carbocycles. The van der Waals surface area contributed by atoms with Crippen LogP contribution in [0.5, 0.6) is 0 Å². The van der Waals surface area contributed by atoms with Crippen molar-refractivity contribution in [2.24, 2.45) is 11.3 Å². The fraction of sp³-hybridized carbons (Fsp3) is 0.533. The molecule has 0 radical (unpaired) electrons. The smallest absolute Gasteiger partial charge is 0.169 e. The largest absolute Gasteiger partial charge is 0.294 e. The Bertz CT molecular complexity index is 435. The molecule has 0 N–H and O–H groups in total. The minimum atomic E-state index is -0.0397. The average Bonchev–Trinajstić information content (AvgIpc) is 2.59. The first-order valence-electron chi connectivity index (χ1n) is 6.37. The summed E-state index contributed by atoms with van der Waals surface area (Å²) < 4.78 is 0. The molecule has 0 amide bonds. The maximum Gasteiger partial charge on any atom is 0.169 e. The summed E-state index contributed by atoms with van der Waals surface area (Å²) in [6.45, 7) is 2.27. The third-order valence-corrected chi connectivity index (χ3v) is 4.67. The molecule has 2 atom stereocenters. The molecule has 0 saturated heterocycles. The Morgan fingerprint density at radius 1 is 1.25 bits per heavy atom. The zero-order valence-corrected chi connectivity index (χ0v) is 9.83. The van der Waals surface area contributed by atoms with Gasteiger partial charge in [-0.25, -0.2) is 0 Å². The van der Waals surface area contributed by atoms with Crippen LogP contribution >= 0.6 is 0 Å². The van der Waals surface area contributed by atoms with Gasteiger partial charge in [0.2, 0.25) is 0 Å². The third kappa shape index (κ3) is 1.20. The molecular formula is C15H18O. The maximum absolute atomic E-state index is 12.6. The zero-order chi connectivity index (χ0) is 11.2. The van der Waals surface area contributed by atoms with Crippen molar-refractivity contribution >= 4 is 5.78 Å². The normalized spacial score (nSPS) is 33.1. The molecule has 2 aliphatic carbocycles. The molecule has 2 unspecified atom stereocenters. The fourth-order valence-electron chi connectivity index (χ4n) is 3.60. The van der Waals surface area contributed by atoms with Crippen molar-refractivity contribution in [3.05, 3.63) is 35.4 Å². The standard InChI is InChI=1S/C15H18O/c1-11-6-4-5-9-15(11)10-12-7-2-3-8-13(12)14(15)16/h2-3,7-8,11H,4-6,9-10H2,1H3. The lowest BCUT2D eigenvalue weighted by Crippen LogP contribution is -2.37. The highest BCUT2D eigenvalue weighted by molar-refractivity contribution is 6.05. The molecule has 2 aliphatic rings. The van der Waals surface area contributed by atoms with Crippen molar-refractivity contribution in [3.8, 4) is 0 Å². The van der Waals surface area contributed by atoms with E-state index in [1.807, 2.05) is 12.1 Å². The molecule has 1 fully saturated rings. The Hall–Kier alpha value is -1.11. The van der Waals surface area contributed by atoms with Gasteiger partial charge in [-0.05, 0) is 30.7 Å². The molecule has 1 heteroatoms. The lowest BCUT2D eigenvalue weighted by atomic mass is 9.64. The zero-order valence-electron chi connectivity index (χ0n) is 9.83. The van der Waals surface area contributed by atoms with Gasteiger partial charge in [-0.1, -0.05) is 44.0 Å². The fourth-order valence-corrected chi connectivity index (χ4v) is 3.60. The second kappa shape index (κ2) is 3.44. The Morgan fingerprint density at radius 2 is 2.06 bits per heavy atom. The summed E-state index contributed by atoms with van der Waals surface area (Å²) in [5.41, 5.74) is 2.24. The summed E-state index contributed by atoms with van der Waals surface area (Å²) in [5.74, 6) is 0.983. The van der Waals surface area contributed by atoms with Crippen molar-refractivity contribution < 1.29 is 4.79 Å². The van der Waals surface area contributed by atoms with Gasteiger partial charge in [0.05, 0.1) is 0 Å². The number of ketones is 1. The van der Waals surface area contributed by atoms with Crippen LogP contribution in [-0.2, 0) is 6.42 Å². The Morgan fingerprint density at radius 3 is 2.81 bits per heavy atom. The van der Waals surface area contributed by atoms with Crippen LogP contribution in [0.3, 0.4) is 0 Å². The predicted molar refractivity (Wildman–Crippen MR) is 64.5 cm³/mol. The molecular weight excluding hydrogens is 196 g/mol. The first kappa shape index (κ1) is 10.1. The molecule has 0 heterocycles. The van der Waals surface area contributed by atoms with E-state index >= 15 is 0 Å². The molecule has 1 nitrogen and oxygen atoms in total. The van der Waals surface area contributed by atoms with Crippen molar-refractivity contribution in [3.63, 3.8) is 0 Å². The molecule has 1 aromatic rings. The number of rotatable bonds is 0. The lowest BCUT2D eigenvalue weighted by Gasteiger charge is -2.38. The number of hydrogen-bond acceptors (Lipinski definition) is 1. The van der Waals surface area contributed by atoms with E-state index in [1.54, 1.807) is 0 Å². The maximum atomic E-state index is 12.6. The van der Waals surface area contributed by atoms with E-state index in [4.69, 9.17) is 0 Å². The number of fused-ring (bicyclic) bond motifs is 1. The second-order valence-corrected chi connectivity index (χ2v) is 5.47. The molecule has 16 heavy (non-hydrogen) atoms. The van der Waals surface area contributed by atoms with Crippen molar-refractivity contribution in [2.75, 3.05) is 0 Å². The van der Waals surface area contributed by atoms with E-state index in [0.717, 1.165) is 18.4 Å². The summed E-state index contributed by atoms with van der Waals surface area (Å²) in [7, 11) is 0. The van der Waals surface area contributed by atoms with Crippen LogP contribution in [0.15, 0.2) is 24.3 Å². The number of carbonyl (C=O) groups excluding carboxylic acids is 1. The van der Waals surface area contributed by atoms with Gasteiger partial charge in [-0.2, -0.15) is 0 Å². The Kier molecular flexibility index (Phi) is 2.17. The number of Topliss-reactive ketones (excluding diaryl/α,β-unsaturated/α-hetero) is 1. The summed E-state index contributed by atoms with van der Waals surface area (Å²) in [4.78, 5) is 12.6. The van der Waals surface area contributed by atoms with Crippen molar-refractivity contribution in [1.29, 1.82) is 0 Å². The van der Waals surface area contributed by atoms with E-state index in [9.17, 15) is 4.79 Å². The Labute approximate surface area is 96.9 Å². The molecule has 3 rings (SSSR count). The molecule has 84 valence electrons. The SMILES string of the molecule is CC1CCCCC12Cc1ccccc1C2=O. The molecule has 0 aromatic heterocycles. The van der Waals surface area contributed by atoms with Crippen LogP contribution in [0.25, 0.3) is 0 Å². The van der Waals surface area contributed by atoms with E-state index in [-0.39, 0.29) is 5.41 Å². The van der Waals surface area contributed by atoms with Gasteiger partial charge in [0.1, 0.15) is 0 Å². The Balaban J connectivity index is 2.05. The quantitative estimate of drug-likeness (QED) is 0.644. The van der Waals surface area contributed by atoms with Gasteiger partial charge >= 0.3 is 0 Å². The second-order valence-electron chi connectivity index (χ2n) is 5.47. The predicted octanol–water partition coefficient (Wildman–Crippen LogP) is 3.62.